The average molecular weight is 398 g/mol. The predicted molar refractivity (Wildman–Crippen MR) is 111 cm³/mol. The zero-order valence-corrected chi connectivity index (χ0v) is 17.2. The fraction of sp³-hybridized carbons (Fsp3) is 0.455. The van der Waals surface area contributed by atoms with Crippen molar-refractivity contribution in [1.29, 1.82) is 0 Å². The van der Waals surface area contributed by atoms with Gasteiger partial charge in [-0.15, -0.1) is 0 Å². The summed E-state index contributed by atoms with van der Waals surface area (Å²) in [5, 5.41) is 4.04. The maximum atomic E-state index is 13.1. The number of benzene rings is 1. The molecule has 1 aromatic carbocycles. The maximum absolute atomic E-state index is 13.1. The van der Waals surface area contributed by atoms with Crippen LogP contribution in [-0.2, 0) is 22.6 Å². The Balaban J connectivity index is 1.38. The normalized spacial score (nSPS) is 20.8. The van der Waals surface area contributed by atoms with Gasteiger partial charge in [0.25, 0.3) is 0 Å². The number of thiophene rings is 1. The summed E-state index contributed by atoms with van der Waals surface area (Å²) >= 11 is 1.62. The SMILES string of the molecule is Cc1cccc(CN2CCN3CCN(C(=O)Cc4ccsc4)CCC3C2=O)c1. The number of carbonyl (C=O) groups excluding carboxylic acids is 2. The molecule has 2 aromatic rings. The van der Waals surface area contributed by atoms with Crippen LogP contribution in [0.4, 0.5) is 0 Å². The van der Waals surface area contributed by atoms with Crippen LogP contribution in [0.1, 0.15) is 23.1 Å². The Morgan fingerprint density at radius 2 is 1.96 bits per heavy atom. The van der Waals surface area contributed by atoms with Crippen LogP contribution in [-0.4, -0.2) is 65.3 Å². The standard InChI is InChI=1S/C22H27N3O2S/c1-17-3-2-4-18(13-17)15-25-11-9-23-8-10-24(7-5-20(23)22(25)27)21(26)14-19-6-12-28-16-19/h2-4,6,12-13,16,20H,5,7-11,14-15H2,1H3. The fourth-order valence-electron chi connectivity index (χ4n) is 4.21. The molecule has 148 valence electrons. The Hall–Kier alpha value is -2.18. The van der Waals surface area contributed by atoms with E-state index in [2.05, 4.69) is 30.0 Å². The van der Waals surface area contributed by atoms with Crippen molar-refractivity contribution < 1.29 is 9.59 Å². The van der Waals surface area contributed by atoms with Crippen molar-refractivity contribution in [2.24, 2.45) is 0 Å². The van der Waals surface area contributed by atoms with Crippen LogP contribution in [0.15, 0.2) is 41.1 Å². The Labute approximate surface area is 170 Å². The molecule has 0 saturated carbocycles. The highest BCUT2D eigenvalue weighted by atomic mass is 32.1. The highest BCUT2D eigenvalue weighted by molar-refractivity contribution is 7.08. The first-order valence-corrected chi connectivity index (χ1v) is 10.9. The van der Waals surface area contributed by atoms with E-state index in [1.54, 1.807) is 11.3 Å². The Bertz CT molecular complexity index is 836. The maximum Gasteiger partial charge on any atom is 0.240 e. The monoisotopic (exact) mass is 397 g/mol. The van der Waals surface area contributed by atoms with Crippen molar-refractivity contribution in [3.05, 3.63) is 57.8 Å². The van der Waals surface area contributed by atoms with Crippen molar-refractivity contribution >= 4 is 23.2 Å². The molecule has 2 aliphatic rings. The number of hydrogen-bond acceptors (Lipinski definition) is 4. The third-order valence-corrected chi connectivity index (χ3v) is 6.50. The van der Waals surface area contributed by atoms with Crippen LogP contribution in [0.3, 0.4) is 0 Å². The number of aryl methyl sites for hydroxylation is 1. The van der Waals surface area contributed by atoms with E-state index < -0.39 is 0 Å². The largest absolute Gasteiger partial charge is 0.341 e. The van der Waals surface area contributed by atoms with Crippen molar-refractivity contribution in [2.75, 3.05) is 32.7 Å². The molecule has 2 aliphatic heterocycles. The number of piperazine rings is 1. The average Bonchev–Trinajstić information content (AvgIpc) is 3.08. The number of carbonyl (C=O) groups is 2. The summed E-state index contributed by atoms with van der Waals surface area (Å²) in [5.74, 6) is 0.377. The zero-order valence-electron chi connectivity index (χ0n) is 16.3. The number of rotatable bonds is 4. The van der Waals surface area contributed by atoms with Gasteiger partial charge in [0, 0.05) is 39.3 Å². The molecule has 2 amide bonds. The molecule has 28 heavy (non-hydrogen) atoms. The molecular formula is C22H27N3O2S. The lowest BCUT2D eigenvalue weighted by molar-refractivity contribution is -0.142. The summed E-state index contributed by atoms with van der Waals surface area (Å²) in [6, 6.07) is 10.3. The lowest BCUT2D eigenvalue weighted by Gasteiger charge is -2.39. The van der Waals surface area contributed by atoms with Crippen LogP contribution < -0.4 is 0 Å². The molecule has 2 saturated heterocycles. The molecule has 0 N–H and O–H groups in total. The molecule has 3 heterocycles. The second-order valence-electron chi connectivity index (χ2n) is 7.78. The number of amides is 2. The van der Waals surface area contributed by atoms with Crippen molar-refractivity contribution in [3.63, 3.8) is 0 Å². The summed E-state index contributed by atoms with van der Waals surface area (Å²) in [5.41, 5.74) is 3.48. The van der Waals surface area contributed by atoms with E-state index in [-0.39, 0.29) is 17.9 Å². The number of fused-ring (bicyclic) bond motifs is 1. The van der Waals surface area contributed by atoms with Gasteiger partial charge in [-0.25, -0.2) is 0 Å². The van der Waals surface area contributed by atoms with Gasteiger partial charge in [0.15, 0.2) is 0 Å². The van der Waals surface area contributed by atoms with Gasteiger partial charge in [0.05, 0.1) is 12.5 Å². The molecule has 1 unspecified atom stereocenters. The van der Waals surface area contributed by atoms with E-state index in [9.17, 15) is 9.59 Å². The van der Waals surface area contributed by atoms with E-state index in [0.717, 1.165) is 31.6 Å². The third-order valence-electron chi connectivity index (χ3n) is 5.77. The molecule has 2 fully saturated rings. The van der Waals surface area contributed by atoms with E-state index in [0.29, 0.717) is 26.1 Å². The summed E-state index contributed by atoms with van der Waals surface area (Å²) in [4.78, 5) is 32.0. The van der Waals surface area contributed by atoms with Gasteiger partial charge in [-0.1, -0.05) is 29.8 Å². The van der Waals surface area contributed by atoms with E-state index in [1.165, 1.54) is 11.1 Å². The Morgan fingerprint density at radius 3 is 2.75 bits per heavy atom. The molecule has 0 radical (unpaired) electrons. The molecular weight excluding hydrogens is 370 g/mol. The van der Waals surface area contributed by atoms with Crippen molar-refractivity contribution in [2.45, 2.75) is 32.4 Å². The first-order valence-electron chi connectivity index (χ1n) is 9.97. The fourth-order valence-corrected chi connectivity index (χ4v) is 4.88. The van der Waals surface area contributed by atoms with E-state index in [4.69, 9.17) is 0 Å². The number of hydrogen-bond donors (Lipinski definition) is 0. The summed E-state index contributed by atoms with van der Waals surface area (Å²) in [7, 11) is 0. The second kappa shape index (κ2) is 8.45. The molecule has 6 heteroatoms. The minimum atomic E-state index is -0.0995. The highest BCUT2D eigenvalue weighted by Gasteiger charge is 2.37. The van der Waals surface area contributed by atoms with Crippen LogP contribution in [0, 0.1) is 6.92 Å². The Kier molecular flexibility index (Phi) is 5.78. The molecule has 0 bridgehead atoms. The molecule has 5 nitrogen and oxygen atoms in total. The minimum Gasteiger partial charge on any atom is -0.341 e. The molecule has 4 rings (SSSR count). The van der Waals surface area contributed by atoms with Gasteiger partial charge >= 0.3 is 0 Å². The summed E-state index contributed by atoms with van der Waals surface area (Å²) in [6.07, 6.45) is 1.18. The van der Waals surface area contributed by atoms with Gasteiger partial charge in [-0.3, -0.25) is 14.5 Å². The van der Waals surface area contributed by atoms with Crippen LogP contribution in [0.25, 0.3) is 0 Å². The molecule has 0 aliphatic carbocycles. The van der Waals surface area contributed by atoms with E-state index >= 15 is 0 Å². The predicted octanol–water partition coefficient (Wildman–Crippen LogP) is 2.54. The lowest BCUT2D eigenvalue weighted by Crippen LogP contribution is -2.56. The Morgan fingerprint density at radius 1 is 1.11 bits per heavy atom. The van der Waals surface area contributed by atoms with Crippen molar-refractivity contribution in [3.8, 4) is 0 Å². The van der Waals surface area contributed by atoms with Gasteiger partial charge in [-0.2, -0.15) is 11.3 Å². The third kappa shape index (κ3) is 4.28. The minimum absolute atomic E-state index is 0.0995. The second-order valence-corrected chi connectivity index (χ2v) is 8.56. The molecule has 1 atom stereocenters. The van der Waals surface area contributed by atoms with Gasteiger partial charge in [-0.05, 0) is 41.3 Å². The molecule has 1 aromatic heterocycles. The van der Waals surface area contributed by atoms with Gasteiger partial charge < -0.3 is 9.80 Å². The molecule has 0 spiro atoms. The summed E-state index contributed by atoms with van der Waals surface area (Å²) in [6.45, 7) is 6.55. The van der Waals surface area contributed by atoms with Crippen LogP contribution in [0.5, 0.6) is 0 Å². The van der Waals surface area contributed by atoms with Crippen LogP contribution in [0.2, 0.25) is 0 Å². The topological polar surface area (TPSA) is 43.9 Å². The number of nitrogens with zero attached hydrogens (tertiary/aromatic N) is 3. The quantitative estimate of drug-likeness (QED) is 0.796. The van der Waals surface area contributed by atoms with Gasteiger partial charge in [0.2, 0.25) is 11.8 Å². The van der Waals surface area contributed by atoms with E-state index in [1.807, 2.05) is 32.7 Å². The van der Waals surface area contributed by atoms with Crippen LogP contribution >= 0.6 is 11.3 Å². The van der Waals surface area contributed by atoms with Crippen molar-refractivity contribution in [1.82, 2.24) is 14.7 Å². The van der Waals surface area contributed by atoms with Gasteiger partial charge in [0.1, 0.15) is 0 Å². The lowest BCUT2D eigenvalue weighted by atomic mass is 10.1. The zero-order chi connectivity index (χ0) is 19.5. The smallest absolute Gasteiger partial charge is 0.240 e. The first kappa shape index (κ1) is 19.2. The first-order chi connectivity index (χ1) is 13.6. The summed E-state index contributed by atoms with van der Waals surface area (Å²) < 4.78 is 0. The highest BCUT2D eigenvalue weighted by Crippen LogP contribution is 2.21.